The molecule has 1 aliphatic heterocycles. The fourth-order valence-corrected chi connectivity index (χ4v) is 4.09. The monoisotopic (exact) mass is 475 g/mol. The Labute approximate surface area is 204 Å². The molecule has 0 bridgehead atoms. The summed E-state index contributed by atoms with van der Waals surface area (Å²) < 4.78 is 13.5. The Morgan fingerprint density at radius 3 is 2.57 bits per heavy atom. The first-order valence-electron chi connectivity index (χ1n) is 11.9. The summed E-state index contributed by atoms with van der Waals surface area (Å²) in [5.74, 6) is -0.150. The highest BCUT2D eigenvalue weighted by molar-refractivity contribution is 5.97. The highest BCUT2D eigenvalue weighted by Gasteiger charge is 2.29. The second kappa shape index (κ2) is 9.19. The van der Waals surface area contributed by atoms with Gasteiger partial charge in [0.05, 0.1) is 35.5 Å². The van der Waals surface area contributed by atoms with Crippen LogP contribution in [0.4, 0.5) is 5.69 Å². The zero-order valence-electron chi connectivity index (χ0n) is 19.9. The van der Waals surface area contributed by atoms with Gasteiger partial charge in [-0.25, -0.2) is 9.48 Å². The highest BCUT2D eigenvalue weighted by atomic mass is 16.5. The number of ether oxygens (including phenoxy) is 2. The average Bonchev–Trinajstić information content (AvgIpc) is 3.38. The van der Waals surface area contributed by atoms with Gasteiger partial charge in [-0.15, -0.1) is 0 Å². The summed E-state index contributed by atoms with van der Waals surface area (Å²) in [4.78, 5) is 25.9. The molecule has 3 aromatic rings. The fourth-order valence-electron chi connectivity index (χ4n) is 4.09. The molecule has 1 amide bonds. The van der Waals surface area contributed by atoms with Crippen molar-refractivity contribution < 1.29 is 24.2 Å². The summed E-state index contributed by atoms with van der Waals surface area (Å²) >= 11 is 0. The molecule has 1 N–H and O–H groups in total. The van der Waals surface area contributed by atoms with Crippen molar-refractivity contribution in [3.63, 3.8) is 0 Å². The van der Waals surface area contributed by atoms with Crippen LogP contribution >= 0.6 is 0 Å². The smallest absolute Gasteiger partial charge is 0.335 e. The minimum atomic E-state index is -1.35. The summed E-state index contributed by atoms with van der Waals surface area (Å²) in [5.41, 5.74) is 2.52. The first-order valence-corrected chi connectivity index (χ1v) is 11.9. The molecule has 2 fully saturated rings. The Morgan fingerprint density at radius 2 is 1.89 bits per heavy atom. The van der Waals surface area contributed by atoms with E-state index < -0.39 is 11.6 Å². The minimum absolute atomic E-state index is 0.0301. The Balaban J connectivity index is 1.57. The minimum Gasteiger partial charge on any atom is -0.490 e. The van der Waals surface area contributed by atoms with E-state index in [4.69, 9.17) is 14.6 Å². The topological polar surface area (TPSA) is 93.9 Å². The third kappa shape index (κ3) is 4.93. The van der Waals surface area contributed by atoms with Crippen molar-refractivity contribution in [1.82, 2.24) is 9.78 Å². The van der Waals surface area contributed by atoms with Crippen molar-refractivity contribution in [3.05, 3.63) is 60.3 Å². The molecule has 8 nitrogen and oxygen atoms in total. The van der Waals surface area contributed by atoms with Gasteiger partial charge >= 0.3 is 5.97 Å². The van der Waals surface area contributed by atoms with Crippen LogP contribution in [0.3, 0.4) is 0 Å². The van der Waals surface area contributed by atoms with Crippen LogP contribution in [-0.2, 0) is 20.9 Å². The van der Waals surface area contributed by atoms with Gasteiger partial charge in [-0.05, 0) is 63.4 Å². The fraction of sp³-hybridized carbons (Fsp3) is 0.370. The van der Waals surface area contributed by atoms with Crippen molar-refractivity contribution in [1.29, 1.82) is 0 Å². The zero-order valence-corrected chi connectivity index (χ0v) is 19.9. The molecule has 0 unspecified atom stereocenters. The van der Waals surface area contributed by atoms with E-state index in [1.54, 1.807) is 4.90 Å². The van der Waals surface area contributed by atoms with E-state index in [0.717, 1.165) is 47.6 Å². The van der Waals surface area contributed by atoms with Crippen LogP contribution in [-0.4, -0.2) is 45.0 Å². The summed E-state index contributed by atoms with van der Waals surface area (Å²) in [7, 11) is 0. The quantitative estimate of drug-likeness (QED) is 0.487. The predicted molar refractivity (Wildman–Crippen MR) is 131 cm³/mol. The van der Waals surface area contributed by atoms with Crippen LogP contribution in [0.25, 0.3) is 16.9 Å². The van der Waals surface area contributed by atoms with Gasteiger partial charge in [0.15, 0.2) is 5.60 Å². The van der Waals surface area contributed by atoms with Gasteiger partial charge in [-0.1, -0.05) is 24.3 Å². The lowest BCUT2D eigenvalue weighted by Gasteiger charge is -2.21. The number of para-hydroxylation sites is 2. The molecular formula is C27H29N3O5. The molecule has 35 heavy (non-hydrogen) atoms. The largest absolute Gasteiger partial charge is 0.490 e. The van der Waals surface area contributed by atoms with Crippen LogP contribution in [0.5, 0.6) is 5.75 Å². The van der Waals surface area contributed by atoms with Crippen molar-refractivity contribution >= 4 is 17.6 Å². The Morgan fingerprint density at radius 1 is 1.11 bits per heavy atom. The van der Waals surface area contributed by atoms with Gasteiger partial charge in [0.25, 0.3) is 0 Å². The van der Waals surface area contributed by atoms with E-state index in [1.165, 1.54) is 13.8 Å². The predicted octanol–water partition coefficient (Wildman–Crippen LogP) is 4.59. The number of rotatable bonds is 9. The first kappa shape index (κ1) is 23.1. The van der Waals surface area contributed by atoms with Crippen molar-refractivity contribution in [2.75, 3.05) is 11.4 Å². The molecule has 0 spiro atoms. The number of nitrogens with zero attached hydrogens (tertiary/aromatic N) is 3. The molecule has 8 heteroatoms. The van der Waals surface area contributed by atoms with Crippen LogP contribution in [0.15, 0.2) is 54.6 Å². The normalized spacial score (nSPS) is 16.1. The van der Waals surface area contributed by atoms with E-state index in [2.05, 4.69) is 0 Å². The molecule has 1 saturated carbocycles. The molecule has 2 aliphatic rings. The standard InChI is InChI=1S/C27H29N3O5/c1-27(2,26(32)33)34-17-19-16-24(18-7-5-8-21(15-18)35-20-12-13-20)30(28-19)23-10-4-3-9-22(23)29-14-6-11-25(29)31/h3-5,7-10,15-16,20H,6,11-14,17H2,1-2H3,(H,32,33). The number of hydrogen-bond acceptors (Lipinski definition) is 5. The van der Waals surface area contributed by atoms with Crippen LogP contribution < -0.4 is 9.64 Å². The van der Waals surface area contributed by atoms with Gasteiger partial charge in [0.1, 0.15) is 5.75 Å². The summed E-state index contributed by atoms with van der Waals surface area (Å²) in [6.07, 6.45) is 3.77. The number of aromatic nitrogens is 2. The first-order chi connectivity index (χ1) is 16.8. The zero-order chi connectivity index (χ0) is 24.6. The van der Waals surface area contributed by atoms with Gasteiger partial charge in [0.2, 0.25) is 5.91 Å². The Kier molecular flexibility index (Phi) is 6.06. The van der Waals surface area contributed by atoms with E-state index in [-0.39, 0.29) is 18.6 Å². The molecule has 1 aromatic heterocycles. The summed E-state index contributed by atoms with van der Waals surface area (Å²) in [6, 6.07) is 17.5. The van der Waals surface area contributed by atoms with Gasteiger partial charge < -0.3 is 19.5 Å². The maximum atomic E-state index is 12.6. The lowest BCUT2D eigenvalue weighted by molar-refractivity contribution is -0.162. The molecule has 1 saturated heterocycles. The number of anilines is 1. The molecule has 0 radical (unpaired) electrons. The van der Waals surface area contributed by atoms with Gasteiger partial charge in [0, 0.05) is 18.5 Å². The highest BCUT2D eigenvalue weighted by Crippen LogP contribution is 2.34. The van der Waals surface area contributed by atoms with Crippen molar-refractivity contribution in [2.45, 2.75) is 57.8 Å². The van der Waals surface area contributed by atoms with Gasteiger partial charge in [-0.3, -0.25) is 4.79 Å². The summed E-state index contributed by atoms with van der Waals surface area (Å²) in [5, 5.41) is 14.2. The maximum absolute atomic E-state index is 12.6. The number of aliphatic carboxylic acids is 1. The third-order valence-corrected chi connectivity index (χ3v) is 6.29. The molecule has 2 aromatic carbocycles. The molecule has 0 atom stereocenters. The van der Waals surface area contributed by atoms with Gasteiger partial charge in [-0.2, -0.15) is 5.10 Å². The average molecular weight is 476 g/mol. The van der Waals surface area contributed by atoms with Crippen LogP contribution in [0.2, 0.25) is 0 Å². The number of hydrogen-bond donors (Lipinski definition) is 1. The van der Waals surface area contributed by atoms with Crippen LogP contribution in [0.1, 0.15) is 45.2 Å². The molecule has 5 rings (SSSR count). The number of benzene rings is 2. The number of carbonyl (C=O) groups is 2. The lowest BCUT2D eigenvalue weighted by Crippen LogP contribution is -2.34. The van der Waals surface area contributed by atoms with E-state index >= 15 is 0 Å². The SMILES string of the molecule is CC(C)(OCc1cc(-c2cccc(OC3CC3)c2)n(-c2ccccc2N2CCCC2=O)n1)C(=O)O. The molecule has 182 valence electrons. The van der Waals surface area contributed by atoms with E-state index in [1.807, 2.05) is 59.3 Å². The number of carboxylic acids is 1. The molecular weight excluding hydrogens is 446 g/mol. The third-order valence-electron chi connectivity index (χ3n) is 6.29. The number of carbonyl (C=O) groups excluding carboxylic acids is 1. The molecule has 2 heterocycles. The number of amides is 1. The Bertz CT molecular complexity index is 1260. The summed E-state index contributed by atoms with van der Waals surface area (Å²) in [6.45, 7) is 3.72. The lowest BCUT2D eigenvalue weighted by atomic mass is 10.1. The van der Waals surface area contributed by atoms with E-state index in [9.17, 15) is 14.7 Å². The van der Waals surface area contributed by atoms with Crippen LogP contribution in [0, 0.1) is 0 Å². The second-order valence-corrected chi connectivity index (χ2v) is 9.52. The van der Waals surface area contributed by atoms with Crippen molar-refractivity contribution in [2.24, 2.45) is 0 Å². The van der Waals surface area contributed by atoms with E-state index in [0.29, 0.717) is 18.7 Å². The Hall–Kier alpha value is -3.65. The maximum Gasteiger partial charge on any atom is 0.335 e. The second-order valence-electron chi connectivity index (χ2n) is 9.52. The van der Waals surface area contributed by atoms with Crippen molar-refractivity contribution in [3.8, 4) is 22.7 Å². The number of carboxylic acid groups (broad SMARTS) is 1. The molecule has 1 aliphatic carbocycles.